The molecule has 0 amide bonds. The zero-order chi connectivity index (χ0) is 13.4. The first-order valence-corrected chi connectivity index (χ1v) is 5.39. The Balaban J connectivity index is 2.71. The van der Waals surface area contributed by atoms with Crippen LogP contribution in [-0.2, 0) is 0 Å². The van der Waals surface area contributed by atoms with Crippen LogP contribution in [0, 0.1) is 30.9 Å². The molecular weight excluding hydrogens is 234 g/mol. The Hall–Kier alpha value is -2.37. The highest BCUT2D eigenvalue weighted by atomic mass is 16.6. The van der Waals surface area contributed by atoms with Crippen molar-refractivity contribution in [2.24, 2.45) is 0 Å². The number of anilines is 1. The summed E-state index contributed by atoms with van der Waals surface area (Å²) in [6, 6.07) is 3.25. The van der Waals surface area contributed by atoms with Crippen LogP contribution in [0.25, 0.3) is 11.1 Å². The summed E-state index contributed by atoms with van der Waals surface area (Å²) in [4.78, 5) is 10.5. The van der Waals surface area contributed by atoms with E-state index in [-0.39, 0.29) is 11.4 Å². The van der Waals surface area contributed by atoms with Crippen LogP contribution in [0.5, 0.6) is 0 Å². The maximum Gasteiger partial charge on any atom is 0.293 e. The first-order chi connectivity index (χ1) is 8.41. The summed E-state index contributed by atoms with van der Waals surface area (Å²) in [7, 11) is 0. The van der Waals surface area contributed by atoms with E-state index in [4.69, 9.17) is 10.3 Å². The van der Waals surface area contributed by atoms with Crippen LogP contribution >= 0.6 is 0 Å². The van der Waals surface area contributed by atoms with Gasteiger partial charge in [-0.2, -0.15) is 0 Å². The Morgan fingerprint density at radius 2 is 2.00 bits per heavy atom. The Morgan fingerprint density at radius 3 is 2.50 bits per heavy atom. The van der Waals surface area contributed by atoms with E-state index >= 15 is 0 Å². The van der Waals surface area contributed by atoms with Gasteiger partial charge in [0.1, 0.15) is 11.4 Å². The lowest BCUT2D eigenvalue weighted by Crippen LogP contribution is -1.99. The molecule has 1 heterocycles. The van der Waals surface area contributed by atoms with Crippen molar-refractivity contribution in [1.82, 2.24) is 5.16 Å². The van der Waals surface area contributed by atoms with Crippen LogP contribution in [0.3, 0.4) is 0 Å². The number of benzene rings is 1. The summed E-state index contributed by atoms with van der Waals surface area (Å²) < 4.78 is 5.07. The molecule has 6 nitrogen and oxygen atoms in total. The molecule has 0 fully saturated rings. The second-order valence-corrected chi connectivity index (χ2v) is 4.18. The van der Waals surface area contributed by atoms with Gasteiger partial charge in [0.2, 0.25) is 0 Å². The van der Waals surface area contributed by atoms with Crippen LogP contribution in [0.1, 0.15) is 17.0 Å². The number of aryl methyl sites for hydroxylation is 3. The van der Waals surface area contributed by atoms with Gasteiger partial charge in [0.05, 0.1) is 10.6 Å². The molecule has 2 aromatic rings. The largest absolute Gasteiger partial charge is 0.393 e. The van der Waals surface area contributed by atoms with Crippen LogP contribution in [-0.4, -0.2) is 10.1 Å². The predicted octanol–water partition coefficient (Wildman–Crippen LogP) is 2.76. The van der Waals surface area contributed by atoms with Crippen molar-refractivity contribution >= 4 is 11.4 Å². The molecule has 0 aliphatic heterocycles. The number of aromatic nitrogens is 1. The molecule has 0 atom stereocenters. The molecule has 0 bridgehead atoms. The van der Waals surface area contributed by atoms with Gasteiger partial charge >= 0.3 is 0 Å². The molecule has 0 unspecified atom stereocenters. The summed E-state index contributed by atoms with van der Waals surface area (Å²) in [5.41, 5.74) is 8.64. The lowest BCUT2D eigenvalue weighted by atomic mass is 10.00. The van der Waals surface area contributed by atoms with Crippen molar-refractivity contribution in [1.29, 1.82) is 0 Å². The standard InChI is InChI=1S/C12H13N3O3/c1-6-4-9(5-10(12(6)13)15(16)17)11-7(2)14-18-8(11)3/h4-5H,13H2,1-3H3. The summed E-state index contributed by atoms with van der Waals surface area (Å²) in [6.45, 7) is 5.31. The maximum atomic E-state index is 11.0. The number of hydrogen-bond donors (Lipinski definition) is 1. The van der Waals surface area contributed by atoms with Gasteiger partial charge in [-0.25, -0.2) is 0 Å². The van der Waals surface area contributed by atoms with Gasteiger partial charge < -0.3 is 10.3 Å². The zero-order valence-corrected chi connectivity index (χ0v) is 10.4. The molecule has 2 N–H and O–H groups in total. The molecule has 18 heavy (non-hydrogen) atoms. The van der Waals surface area contributed by atoms with E-state index in [0.717, 1.165) is 5.56 Å². The third-order valence-corrected chi connectivity index (χ3v) is 2.88. The fourth-order valence-corrected chi connectivity index (χ4v) is 1.97. The highest BCUT2D eigenvalue weighted by Gasteiger charge is 2.19. The van der Waals surface area contributed by atoms with Gasteiger partial charge in [0.25, 0.3) is 5.69 Å². The summed E-state index contributed by atoms with van der Waals surface area (Å²) >= 11 is 0. The van der Waals surface area contributed by atoms with E-state index in [9.17, 15) is 10.1 Å². The minimum Gasteiger partial charge on any atom is -0.393 e. The maximum absolute atomic E-state index is 11.0. The van der Waals surface area contributed by atoms with Crippen molar-refractivity contribution in [3.8, 4) is 11.1 Å². The Kier molecular flexibility index (Phi) is 2.78. The van der Waals surface area contributed by atoms with Crippen LogP contribution in [0.2, 0.25) is 0 Å². The summed E-state index contributed by atoms with van der Waals surface area (Å²) in [5, 5.41) is 14.8. The van der Waals surface area contributed by atoms with E-state index in [1.54, 1.807) is 26.8 Å². The van der Waals surface area contributed by atoms with E-state index in [1.807, 2.05) is 0 Å². The first-order valence-electron chi connectivity index (χ1n) is 5.39. The first kappa shape index (κ1) is 12.1. The third-order valence-electron chi connectivity index (χ3n) is 2.88. The average Bonchev–Trinajstić information content (AvgIpc) is 2.62. The van der Waals surface area contributed by atoms with E-state index in [1.165, 1.54) is 6.07 Å². The molecule has 94 valence electrons. The van der Waals surface area contributed by atoms with Gasteiger partial charge in [-0.3, -0.25) is 10.1 Å². The number of nitro benzene ring substituents is 1. The number of nitrogen functional groups attached to an aromatic ring is 1. The van der Waals surface area contributed by atoms with Crippen LogP contribution < -0.4 is 5.73 Å². The van der Waals surface area contributed by atoms with Crippen molar-refractivity contribution in [2.45, 2.75) is 20.8 Å². The smallest absolute Gasteiger partial charge is 0.293 e. The topological polar surface area (TPSA) is 95.2 Å². The fraction of sp³-hybridized carbons (Fsp3) is 0.250. The molecule has 1 aromatic heterocycles. The molecule has 1 aromatic carbocycles. The quantitative estimate of drug-likeness (QED) is 0.500. The molecule has 0 spiro atoms. The van der Waals surface area contributed by atoms with Crippen molar-refractivity contribution in [2.75, 3.05) is 5.73 Å². The van der Waals surface area contributed by atoms with E-state index in [0.29, 0.717) is 22.6 Å². The van der Waals surface area contributed by atoms with Crippen LogP contribution in [0.4, 0.5) is 11.4 Å². The van der Waals surface area contributed by atoms with Gasteiger partial charge in [0, 0.05) is 11.6 Å². The van der Waals surface area contributed by atoms with E-state index in [2.05, 4.69) is 5.16 Å². The normalized spacial score (nSPS) is 10.6. The number of nitrogens with zero attached hydrogens (tertiary/aromatic N) is 2. The lowest BCUT2D eigenvalue weighted by Gasteiger charge is -2.06. The van der Waals surface area contributed by atoms with Gasteiger partial charge in [-0.15, -0.1) is 0 Å². The number of rotatable bonds is 2. The van der Waals surface area contributed by atoms with Gasteiger partial charge in [-0.05, 0) is 38.0 Å². The summed E-state index contributed by atoms with van der Waals surface area (Å²) in [6.07, 6.45) is 0. The van der Waals surface area contributed by atoms with Gasteiger partial charge in [-0.1, -0.05) is 5.16 Å². The van der Waals surface area contributed by atoms with E-state index < -0.39 is 4.92 Å². The molecule has 0 aliphatic carbocycles. The third kappa shape index (κ3) is 1.81. The second kappa shape index (κ2) is 4.14. The highest BCUT2D eigenvalue weighted by molar-refractivity contribution is 5.76. The number of nitrogens with two attached hydrogens (primary N) is 1. The number of nitro groups is 1. The zero-order valence-electron chi connectivity index (χ0n) is 10.4. The molecule has 6 heteroatoms. The molecule has 0 aliphatic rings. The van der Waals surface area contributed by atoms with Crippen molar-refractivity contribution in [3.05, 3.63) is 39.3 Å². The predicted molar refractivity (Wildman–Crippen MR) is 67.2 cm³/mol. The summed E-state index contributed by atoms with van der Waals surface area (Å²) in [5.74, 6) is 0.631. The highest BCUT2D eigenvalue weighted by Crippen LogP contribution is 2.34. The molecule has 0 saturated heterocycles. The molecule has 0 saturated carbocycles. The Labute approximate surface area is 104 Å². The molecular formula is C12H13N3O3. The van der Waals surface area contributed by atoms with Crippen LogP contribution in [0.15, 0.2) is 16.7 Å². The monoisotopic (exact) mass is 247 g/mol. The van der Waals surface area contributed by atoms with Gasteiger partial charge in [0.15, 0.2) is 0 Å². The average molecular weight is 247 g/mol. The SMILES string of the molecule is Cc1cc(-c2c(C)noc2C)cc([N+](=O)[O-])c1N. The second-order valence-electron chi connectivity index (χ2n) is 4.18. The fourth-order valence-electron chi connectivity index (χ4n) is 1.97. The Morgan fingerprint density at radius 1 is 1.33 bits per heavy atom. The molecule has 2 rings (SSSR count). The Bertz CT molecular complexity index is 612. The number of hydrogen-bond acceptors (Lipinski definition) is 5. The van der Waals surface area contributed by atoms with Crippen molar-refractivity contribution in [3.63, 3.8) is 0 Å². The molecule has 0 radical (unpaired) electrons. The lowest BCUT2D eigenvalue weighted by molar-refractivity contribution is -0.383. The minimum absolute atomic E-state index is 0.0926. The van der Waals surface area contributed by atoms with Crippen molar-refractivity contribution < 1.29 is 9.45 Å². The minimum atomic E-state index is -0.482.